The molecule has 2 unspecified atom stereocenters. The van der Waals surface area contributed by atoms with E-state index in [1.165, 1.54) is 32.7 Å². The molecule has 0 N–H and O–H groups in total. The fourth-order valence-corrected chi connectivity index (χ4v) is 12.9. The smallest absolute Gasteiger partial charge is 0.419 e. The molecule has 0 aromatic heterocycles. The highest BCUT2D eigenvalue weighted by Crippen LogP contribution is 2.48. The lowest BCUT2D eigenvalue weighted by Crippen LogP contribution is -2.39. The molecular formula is C46H52N2O4S4. The summed E-state index contributed by atoms with van der Waals surface area (Å²) in [7, 11) is 4.19. The van der Waals surface area contributed by atoms with Gasteiger partial charge in [-0.3, -0.25) is 9.80 Å². The van der Waals surface area contributed by atoms with Crippen molar-refractivity contribution in [1.82, 2.24) is 9.80 Å². The predicted octanol–water partition coefficient (Wildman–Crippen LogP) is 10.4. The maximum Gasteiger partial charge on any atom is 0.419 e. The largest absolute Gasteiger partial charge is 0.430 e. The topological polar surface area (TPSA) is 59.1 Å². The van der Waals surface area contributed by atoms with Crippen molar-refractivity contribution in [2.75, 3.05) is 50.2 Å². The fourth-order valence-electron chi connectivity index (χ4n) is 6.93. The molecule has 2 heterocycles. The maximum atomic E-state index is 13.4. The Morgan fingerprint density at radius 1 is 0.589 bits per heavy atom. The molecule has 0 aliphatic carbocycles. The summed E-state index contributed by atoms with van der Waals surface area (Å²) in [6, 6.07) is 30.2. The molecule has 0 radical (unpaired) electrons. The van der Waals surface area contributed by atoms with E-state index in [9.17, 15) is 9.59 Å². The zero-order valence-electron chi connectivity index (χ0n) is 32.9. The monoisotopic (exact) mass is 824 g/mol. The van der Waals surface area contributed by atoms with Crippen molar-refractivity contribution in [3.05, 3.63) is 96.1 Å². The number of thioether (sulfide) groups is 4. The van der Waals surface area contributed by atoms with Gasteiger partial charge >= 0.3 is 11.9 Å². The van der Waals surface area contributed by atoms with Gasteiger partial charge in [-0.25, -0.2) is 9.59 Å². The van der Waals surface area contributed by atoms with Gasteiger partial charge in [-0.15, -0.1) is 58.9 Å². The van der Waals surface area contributed by atoms with E-state index >= 15 is 0 Å². The number of carbonyl (C=O) groups excluding carboxylic acids is 2. The number of hydrogen-bond donors (Lipinski definition) is 0. The van der Waals surface area contributed by atoms with Gasteiger partial charge in [-0.05, 0) is 96.5 Å². The highest BCUT2D eigenvalue weighted by molar-refractivity contribution is 8.19. The minimum atomic E-state index is -0.926. The van der Waals surface area contributed by atoms with E-state index in [1.807, 2.05) is 0 Å². The summed E-state index contributed by atoms with van der Waals surface area (Å²) in [6.45, 7) is 5.66. The van der Waals surface area contributed by atoms with Crippen LogP contribution in [0.3, 0.4) is 0 Å². The molecule has 4 aromatic rings. The molecule has 4 aromatic carbocycles. The molecule has 0 spiro atoms. The van der Waals surface area contributed by atoms with E-state index in [1.54, 1.807) is 47.0 Å². The van der Waals surface area contributed by atoms with Gasteiger partial charge in [0.05, 0.1) is 13.1 Å². The van der Waals surface area contributed by atoms with Crippen LogP contribution in [0.4, 0.5) is 0 Å². The summed E-state index contributed by atoms with van der Waals surface area (Å²) in [5.74, 6) is 14.9. The number of benzene rings is 4. The van der Waals surface area contributed by atoms with Crippen molar-refractivity contribution in [2.45, 2.75) is 73.0 Å². The Morgan fingerprint density at radius 2 is 0.964 bits per heavy atom. The van der Waals surface area contributed by atoms with E-state index in [4.69, 9.17) is 9.47 Å². The highest BCUT2D eigenvalue weighted by Gasteiger charge is 2.43. The third-order valence-corrected chi connectivity index (χ3v) is 16.7. The lowest BCUT2D eigenvalue weighted by Gasteiger charge is -2.36. The predicted molar refractivity (Wildman–Crippen MR) is 241 cm³/mol. The van der Waals surface area contributed by atoms with Gasteiger partial charge < -0.3 is 9.47 Å². The molecule has 6 rings (SSSR count). The SMILES string of the molecule is CC(c1cccc2ccccc12)N(C)CC#CCCC1(OC(=O)C(=O)OC2(CCC#CCN(C)C(C)c3cccc4ccccc34)SCCCS2)SCCCS1. The number of ether oxygens (including phenoxy) is 2. The quantitative estimate of drug-likeness (QED) is 0.0784. The number of fused-ring (bicyclic) bond motifs is 2. The number of nitrogens with zero attached hydrogens (tertiary/aromatic N) is 2. The van der Waals surface area contributed by atoms with Crippen molar-refractivity contribution in [1.29, 1.82) is 0 Å². The summed E-state index contributed by atoms with van der Waals surface area (Å²) in [6.07, 6.45) is 4.24. The Morgan fingerprint density at radius 3 is 1.38 bits per heavy atom. The summed E-state index contributed by atoms with van der Waals surface area (Å²) in [4.78, 5) is 31.3. The molecule has 2 saturated heterocycles. The Labute approximate surface area is 350 Å². The van der Waals surface area contributed by atoms with Crippen LogP contribution in [0.2, 0.25) is 0 Å². The zero-order chi connectivity index (χ0) is 39.4. The van der Waals surface area contributed by atoms with Crippen LogP contribution in [0.15, 0.2) is 84.9 Å². The summed E-state index contributed by atoms with van der Waals surface area (Å²) < 4.78 is 10.3. The molecule has 56 heavy (non-hydrogen) atoms. The molecule has 6 nitrogen and oxygen atoms in total. The maximum absolute atomic E-state index is 13.4. The summed E-state index contributed by atoms with van der Waals surface area (Å²) in [5, 5.41) is 5.00. The van der Waals surface area contributed by atoms with Crippen molar-refractivity contribution < 1.29 is 19.1 Å². The van der Waals surface area contributed by atoms with Gasteiger partial charge in [0, 0.05) is 37.8 Å². The van der Waals surface area contributed by atoms with Crippen molar-refractivity contribution in [3.63, 3.8) is 0 Å². The van der Waals surface area contributed by atoms with Gasteiger partial charge in [0.25, 0.3) is 0 Å². The molecule has 294 valence electrons. The third-order valence-electron chi connectivity index (χ3n) is 10.4. The van der Waals surface area contributed by atoms with E-state index in [2.05, 4.69) is 146 Å². The second-order valence-electron chi connectivity index (χ2n) is 14.3. The van der Waals surface area contributed by atoms with Gasteiger partial charge in [0.1, 0.15) is 0 Å². The van der Waals surface area contributed by atoms with Crippen LogP contribution in [-0.4, -0.2) is 80.5 Å². The second kappa shape index (κ2) is 20.5. The van der Waals surface area contributed by atoms with Crippen LogP contribution < -0.4 is 0 Å². The molecule has 2 aliphatic rings. The molecule has 2 aliphatic heterocycles. The Hall–Kier alpha value is -3.22. The molecule has 0 saturated carbocycles. The zero-order valence-corrected chi connectivity index (χ0v) is 36.1. The van der Waals surface area contributed by atoms with Crippen LogP contribution in [0.1, 0.15) is 75.6 Å². The van der Waals surface area contributed by atoms with Crippen LogP contribution in [0.25, 0.3) is 21.5 Å². The van der Waals surface area contributed by atoms with Crippen LogP contribution in [0, 0.1) is 23.7 Å². The summed E-state index contributed by atoms with van der Waals surface area (Å²) >= 11 is 6.37. The van der Waals surface area contributed by atoms with Crippen LogP contribution in [-0.2, 0) is 19.1 Å². The minimum absolute atomic E-state index is 0.200. The van der Waals surface area contributed by atoms with Gasteiger partial charge in [0.15, 0.2) is 0 Å². The third kappa shape index (κ3) is 11.0. The molecule has 2 atom stereocenters. The number of esters is 2. The number of rotatable bonds is 12. The molecule has 0 amide bonds. The minimum Gasteiger partial charge on any atom is -0.430 e. The fraction of sp³-hybridized carbons (Fsp3) is 0.435. The highest BCUT2D eigenvalue weighted by atomic mass is 32.2. The molecule has 10 heteroatoms. The van der Waals surface area contributed by atoms with E-state index in [-0.39, 0.29) is 12.1 Å². The van der Waals surface area contributed by atoms with Crippen LogP contribution in [0.5, 0.6) is 0 Å². The average Bonchev–Trinajstić information content (AvgIpc) is 3.23. The van der Waals surface area contributed by atoms with Gasteiger partial charge in [0.2, 0.25) is 8.53 Å². The Kier molecular flexibility index (Phi) is 15.5. The van der Waals surface area contributed by atoms with Gasteiger partial charge in [-0.2, -0.15) is 0 Å². The van der Waals surface area contributed by atoms with E-state index < -0.39 is 20.5 Å². The standard InChI is InChI=1S/C46H52N2O4S4/c1-35(39-25-15-21-37-19-7-9-23-41(37)39)47(3)29-13-5-11-27-45(53-31-17-32-54-45)51-43(49)44(50)52-46(55-33-18-34-56-46)28-12-6-14-30-48(4)36(2)40-26-16-22-38-20-8-10-24-42(38)40/h7-10,15-16,19-26,35-36H,11-12,17-18,27-34H2,1-4H3. The first-order chi connectivity index (χ1) is 27.2. The lowest BCUT2D eigenvalue weighted by atomic mass is 9.99. The van der Waals surface area contributed by atoms with E-state index in [0.29, 0.717) is 38.8 Å². The molecular weight excluding hydrogens is 773 g/mol. The lowest BCUT2D eigenvalue weighted by molar-refractivity contribution is -0.171. The first-order valence-corrected chi connectivity index (χ1v) is 23.4. The number of carbonyl (C=O) groups is 2. The van der Waals surface area contributed by atoms with Crippen molar-refractivity contribution in [3.8, 4) is 23.7 Å². The number of hydrogen-bond acceptors (Lipinski definition) is 10. The normalized spacial score (nSPS) is 17.3. The molecule has 2 fully saturated rings. The summed E-state index contributed by atoms with van der Waals surface area (Å²) in [5.41, 5.74) is 2.57. The first-order valence-electron chi connectivity index (χ1n) is 19.5. The van der Waals surface area contributed by atoms with Crippen molar-refractivity contribution >= 4 is 80.5 Å². The average molecular weight is 825 g/mol. The second-order valence-corrected chi connectivity index (χ2v) is 20.2. The Balaban J connectivity index is 1.00. The Bertz CT molecular complexity index is 1930. The van der Waals surface area contributed by atoms with Crippen LogP contribution >= 0.6 is 47.0 Å². The molecule has 0 bridgehead atoms. The van der Waals surface area contributed by atoms with E-state index in [0.717, 1.165) is 35.9 Å². The van der Waals surface area contributed by atoms with Crippen molar-refractivity contribution in [2.24, 2.45) is 0 Å². The van der Waals surface area contributed by atoms with Gasteiger partial charge in [-0.1, -0.05) is 96.8 Å². The first kappa shape index (κ1) is 42.4.